The summed E-state index contributed by atoms with van der Waals surface area (Å²) in [6, 6.07) is 6.09. The van der Waals surface area contributed by atoms with Gasteiger partial charge < -0.3 is 10.2 Å². The second-order valence-electron chi connectivity index (χ2n) is 6.03. The molecule has 4 rings (SSSR count). The summed E-state index contributed by atoms with van der Waals surface area (Å²) >= 11 is 0. The largest absolute Gasteiger partial charge is 0.353 e. The van der Waals surface area contributed by atoms with E-state index in [0.29, 0.717) is 36.6 Å². The Morgan fingerprint density at radius 1 is 1.28 bits per heavy atom. The molecule has 0 bridgehead atoms. The Labute approximate surface area is 142 Å². The number of hydrogen-bond acceptors (Lipinski definition) is 6. The molecule has 0 spiro atoms. The van der Waals surface area contributed by atoms with Gasteiger partial charge in [-0.25, -0.2) is 19.0 Å². The molecule has 0 saturated carbocycles. The van der Waals surface area contributed by atoms with Crippen LogP contribution in [0.25, 0.3) is 11.2 Å². The van der Waals surface area contributed by atoms with Crippen LogP contribution in [0.5, 0.6) is 0 Å². The number of aromatic nitrogens is 5. The zero-order chi connectivity index (χ0) is 17.4. The first-order valence-electron chi connectivity index (χ1n) is 7.89. The van der Waals surface area contributed by atoms with Crippen molar-refractivity contribution in [3.8, 4) is 0 Å². The zero-order valence-electron chi connectivity index (χ0n) is 13.6. The van der Waals surface area contributed by atoms with Crippen molar-refractivity contribution in [1.29, 1.82) is 0 Å². The fraction of sp³-hybridized carbons (Fsp3) is 0.312. The molecule has 1 aliphatic heterocycles. The lowest BCUT2D eigenvalue weighted by Crippen LogP contribution is -2.54. The normalized spacial score (nSPS) is 14.6. The minimum absolute atomic E-state index is 0.0231. The van der Waals surface area contributed by atoms with Crippen LogP contribution in [-0.4, -0.2) is 44.0 Å². The van der Waals surface area contributed by atoms with Crippen LogP contribution >= 0.6 is 0 Å². The number of nitrogens with zero attached hydrogens (tertiary/aromatic N) is 6. The van der Waals surface area contributed by atoms with Crippen LogP contribution in [0, 0.1) is 11.7 Å². The molecule has 3 aromatic rings. The number of benzene rings is 1. The Morgan fingerprint density at radius 2 is 2.04 bits per heavy atom. The number of aryl methyl sites for hydroxylation is 1. The molecule has 1 N–H and O–H groups in total. The Balaban J connectivity index is 1.36. The lowest BCUT2D eigenvalue weighted by atomic mass is 9.99. The van der Waals surface area contributed by atoms with Crippen molar-refractivity contribution in [2.24, 2.45) is 13.0 Å². The monoisotopic (exact) mass is 341 g/mol. The number of hydrogen-bond donors (Lipinski definition) is 1. The minimum Gasteiger partial charge on any atom is -0.353 e. The second kappa shape index (κ2) is 6.08. The maximum absolute atomic E-state index is 12.9. The van der Waals surface area contributed by atoms with E-state index >= 15 is 0 Å². The first-order chi connectivity index (χ1) is 12.1. The van der Waals surface area contributed by atoms with Crippen molar-refractivity contribution in [2.45, 2.75) is 6.54 Å². The summed E-state index contributed by atoms with van der Waals surface area (Å²) in [6.07, 6.45) is 1.48. The highest BCUT2D eigenvalue weighted by atomic mass is 19.1. The molecule has 1 amide bonds. The number of halogens is 1. The van der Waals surface area contributed by atoms with E-state index in [0.717, 1.165) is 5.56 Å². The van der Waals surface area contributed by atoms with Crippen LogP contribution in [0.1, 0.15) is 5.56 Å². The van der Waals surface area contributed by atoms with Gasteiger partial charge in [-0.2, -0.15) is 0 Å². The molecule has 1 fully saturated rings. The van der Waals surface area contributed by atoms with Gasteiger partial charge >= 0.3 is 0 Å². The van der Waals surface area contributed by atoms with Gasteiger partial charge in [-0.05, 0) is 17.7 Å². The second-order valence-corrected chi connectivity index (χ2v) is 6.03. The predicted octanol–water partition coefficient (Wildman–Crippen LogP) is 0.650. The Hall–Kier alpha value is -3.10. The number of rotatable bonds is 4. The topological polar surface area (TPSA) is 88.8 Å². The van der Waals surface area contributed by atoms with E-state index < -0.39 is 0 Å². The van der Waals surface area contributed by atoms with E-state index in [1.165, 1.54) is 18.5 Å². The number of nitrogens with one attached hydrogen (secondary N) is 1. The smallest absolute Gasteiger partial charge is 0.226 e. The quantitative estimate of drug-likeness (QED) is 0.750. The van der Waals surface area contributed by atoms with Gasteiger partial charge in [0.25, 0.3) is 0 Å². The Kier molecular flexibility index (Phi) is 3.75. The van der Waals surface area contributed by atoms with E-state index in [1.807, 2.05) is 4.90 Å². The fourth-order valence-corrected chi connectivity index (χ4v) is 2.83. The number of anilines is 1. The lowest BCUT2D eigenvalue weighted by molar-refractivity contribution is -0.125. The fourth-order valence-electron chi connectivity index (χ4n) is 2.83. The predicted molar refractivity (Wildman–Crippen MR) is 88.0 cm³/mol. The van der Waals surface area contributed by atoms with Gasteiger partial charge in [-0.1, -0.05) is 17.3 Å². The highest BCUT2D eigenvalue weighted by Gasteiger charge is 2.34. The Morgan fingerprint density at radius 3 is 2.80 bits per heavy atom. The van der Waals surface area contributed by atoms with E-state index in [4.69, 9.17) is 0 Å². The highest BCUT2D eigenvalue weighted by molar-refractivity contribution is 5.86. The van der Waals surface area contributed by atoms with Crippen molar-refractivity contribution in [1.82, 2.24) is 30.3 Å². The highest BCUT2D eigenvalue weighted by Crippen LogP contribution is 2.27. The van der Waals surface area contributed by atoms with Gasteiger partial charge in [0.2, 0.25) is 5.91 Å². The maximum atomic E-state index is 12.9. The molecule has 1 aliphatic rings. The van der Waals surface area contributed by atoms with Crippen LogP contribution in [0.15, 0.2) is 30.6 Å². The van der Waals surface area contributed by atoms with Crippen molar-refractivity contribution < 1.29 is 9.18 Å². The summed E-state index contributed by atoms with van der Waals surface area (Å²) in [7, 11) is 1.77. The van der Waals surface area contributed by atoms with E-state index in [9.17, 15) is 9.18 Å². The molecule has 9 heteroatoms. The SMILES string of the molecule is Cn1nnc2c(N3CC(C(=O)NCc4ccc(F)cc4)C3)ncnc21. The molecule has 128 valence electrons. The molecule has 0 radical (unpaired) electrons. The van der Waals surface area contributed by atoms with Gasteiger partial charge in [0.15, 0.2) is 17.0 Å². The average molecular weight is 341 g/mol. The molecule has 3 heterocycles. The molecule has 0 aliphatic carbocycles. The third-order valence-corrected chi connectivity index (χ3v) is 4.30. The van der Waals surface area contributed by atoms with Gasteiger partial charge in [-0.3, -0.25) is 4.79 Å². The maximum Gasteiger partial charge on any atom is 0.226 e. The van der Waals surface area contributed by atoms with E-state index in [1.54, 1.807) is 23.9 Å². The molecule has 1 aromatic carbocycles. The standard InChI is InChI=1S/C16H16FN7O/c1-23-14-13(21-22-23)15(20-9-19-14)24-7-11(8-24)16(25)18-6-10-2-4-12(17)5-3-10/h2-5,9,11H,6-8H2,1H3,(H,18,25). The number of carbonyl (C=O) groups is 1. The Bertz CT molecular complexity index is 918. The minimum atomic E-state index is -0.287. The van der Waals surface area contributed by atoms with Crippen LogP contribution in [0.3, 0.4) is 0 Å². The van der Waals surface area contributed by atoms with Gasteiger partial charge in [0, 0.05) is 26.7 Å². The summed E-state index contributed by atoms with van der Waals surface area (Å²) < 4.78 is 14.5. The third-order valence-electron chi connectivity index (χ3n) is 4.30. The van der Waals surface area contributed by atoms with Crippen LogP contribution in [-0.2, 0) is 18.4 Å². The van der Waals surface area contributed by atoms with Crippen molar-refractivity contribution in [3.63, 3.8) is 0 Å². The van der Waals surface area contributed by atoms with Crippen molar-refractivity contribution in [3.05, 3.63) is 42.0 Å². The van der Waals surface area contributed by atoms with Gasteiger partial charge in [0.1, 0.15) is 12.1 Å². The summed E-state index contributed by atoms with van der Waals surface area (Å²) in [4.78, 5) is 22.6. The van der Waals surface area contributed by atoms with Gasteiger partial charge in [-0.15, -0.1) is 5.10 Å². The van der Waals surface area contributed by atoms with Gasteiger partial charge in [0.05, 0.1) is 5.92 Å². The molecule has 1 saturated heterocycles. The average Bonchev–Trinajstić information content (AvgIpc) is 2.95. The molecule has 0 atom stereocenters. The molecule has 2 aromatic heterocycles. The van der Waals surface area contributed by atoms with Crippen molar-refractivity contribution >= 4 is 22.9 Å². The van der Waals surface area contributed by atoms with E-state index in [2.05, 4.69) is 25.6 Å². The molecule has 25 heavy (non-hydrogen) atoms. The zero-order valence-corrected chi connectivity index (χ0v) is 13.6. The summed E-state index contributed by atoms with van der Waals surface area (Å²) in [6.45, 7) is 1.52. The number of carbonyl (C=O) groups excluding carboxylic acids is 1. The van der Waals surface area contributed by atoms with Crippen LogP contribution < -0.4 is 10.2 Å². The van der Waals surface area contributed by atoms with Crippen LogP contribution in [0.2, 0.25) is 0 Å². The first-order valence-corrected chi connectivity index (χ1v) is 7.89. The van der Waals surface area contributed by atoms with E-state index in [-0.39, 0.29) is 17.6 Å². The summed E-state index contributed by atoms with van der Waals surface area (Å²) in [5, 5.41) is 10.9. The number of fused-ring (bicyclic) bond motifs is 1. The van der Waals surface area contributed by atoms with Crippen molar-refractivity contribution in [2.75, 3.05) is 18.0 Å². The lowest BCUT2D eigenvalue weighted by Gasteiger charge is -2.38. The molecular formula is C16H16FN7O. The summed E-state index contributed by atoms with van der Waals surface area (Å²) in [5.41, 5.74) is 2.16. The molecular weight excluding hydrogens is 325 g/mol. The summed E-state index contributed by atoms with van der Waals surface area (Å²) in [5.74, 6) is 0.276. The molecule has 8 nitrogen and oxygen atoms in total. The third kappa shape index (κ3) is 2.88. The number of amides is 1. The van der Waals surface area contributed by atoms with Crippen LogP contribution in [0.4, 0.5) is 10.2 Å². The first kappa shape index (κ1) is 15.4. The molecule has 0 unspecified atom stereocenters.